The molecule has 0 bridgehead atoms. The summed E-state index contributed by atoms with van der Waals surface area (Å²) in [4.78, 5) is 0. The van der Waals surface area contributed by atoms with Crippen LogP contribution in [0.3, 0.4) is 0 Å². The predicted molar refractivity (Wildman–Crippen MR) is 102 cm³/mol. The number of thiol groups is 2. The number of hydrogen-bond donors (Lipinski definition) is 2. The average Bonchev–Trinajstić information content (AvgIpc) is 2.47. The van der Waals surface area contributed by atoms with E-state index < -0.39 is 0 Å². The number of unbranched alkanes of at least 4 members (excludes halogenated alkanes) is 15. The summed E-state index contributed by atoms with van der Waals surface area (Å²) >= 11 is 8.49. The zero-order valence-electron chi connectivity index (χ0n) is 13.6. The van der Waals surface area contributed by atoms with Crippen molar-refractivity contribution in [2.24, 2.45) is 0 Å². The lowest BCUT2D eigenvalue weighted by Gasteiger charge is -2.03. The summed E-state index contributed by atoms with van der Waals surface area (Å²) in [6.45, 7) is 0. The summed E-state index contributed by atoms with van der Waals surface area (Å²) in [5.74, 6) is 2.13. The molecule has 0 N–H and O–H groups in total. The van der Waals surface area contributed by atoms with Crippen LogP contribution in [0.15, 0.2) is 0 Å². The third-order valence-corrected chi connectivity index (χ3v) is 4.70. The summed E-state index contributed by atoms with van der Waals surface area (Å²) in [6, 6.07) is 0. The Morgan fingerprint density at radius 3 is 0.550 bits per heavy atom. The van der Waals surface area contributed by atoms with Crippen LogP contribution in [0.1, 0.15) is 103 Å². The third kappa shape index (κ3) is 18.7. The maximum atomic E-state index is 4.24. The first kappa shape index (κ1) is 20.7. The number of rotatable bonds is 17. The van der Waals surface area contributed by atoms with Gasteiger partial charge < -0.3 is 0 Å². The van der Waals surface area contributed by atoms with Gasteiger partial charge in [0.15, 0.2) is 0 Å². The normalized spacial score (nSPS) is 11.1. The van der Waals surface area contributed by atoms with Crippen molar-refractivity contribution in [1.82, 2.24) is 0 Å². The third-order valence-electron chi connectivity index (χ3n) is 4.07. The Hall–Kier alpha value is 0.700. The van der Waals surface area contributed by atoms with Gasteiger partial charge in [0.1, 0.15) is 0 Å². The van der Waals surface area contributed by atoms with Crippen molar-refractivity contribution in [1.29, 1.82) is 0 Å². The van der Waals surface area contributed by atoms with Crippen molar-refractivity contribution in [3.8, 4) is 0 Å². The molecule has 0 saturated heterocycles. The maximum Gasteiger partial charge on any atom is -0.00979 e. The number of hydrogen-bond acceptors (Lipinski definition) is 2. The molecule has 20 heavy (non-hydrogen) atoms. The average molecular weight is 319 g/mol. The quantitative estimate of drug-likeness (QED) is 0.207. The van der Waals surface area contributed by atoms with Crippen LogP contribution in [-0.4, -0.2) is 11.5 Å². The first-order valence-electron chi connectivity index (χ1n) is 9.13. The fourth-order valence-electron chi connectivity index (χ4n) is 2.70. The summed E-state index contributed by atoms with van der Waals surface area (Å²) in [5.41, 5.74) is 0. The van der Waals surface area contributed by atoms with Gasteiger partial charge in [-0.15, -0.1) is 0 Å². The molecule has 0 aliphatic carbocycles. The Labute approximate surface area is 139 Å². The van der Waals surface area contributed by atoms with Crippen molar-refractivity contribution in [2.75, 3.05) is 11.5 Å². The molecule has 0 radical (unpaired) electrons. The monoisotopic (exact) mass is 318 g/mol. The molecular weight excluding hydrogens is 280 g/mol. The van der Waals surface area contributed by atoms with E-state index in [1.165, 1.54) is 103 Å². The molecule has 0 aliphatic rings. The molecule has 0 fully saturated rings. The van der Waals surface area contributed by atoms with Crippen molar-refractivity contribution in [2.45, 2.75) is 103 Å². The van der Waals surface area contributed by atoms with E-state index in [2.05, 4.69) is 25.3 Å². The van der Waals surface area contributed by atoms with Crippen LogP contribution in [-0.2, 0) is 0 Å². The summed E-state index contributed by atoms with van der Waals surface area (Å²) in [6.07, 6.45) is 22.8. The van der Waals surface area contributed by atoms with E-state index >= 15 is 0 Å². The van der Waals surface area contributed by atoms with Gasteiger partial charge >= 0.3 is 0 Å². The Balaban J connectivity index is 2.89. The van der Waals surface area contributed by atoms with Crippen molar-refractivity contribution in [3.63, 3.8) is 0 Å². The SMILES string of the molecule is SCCCCCCCCCCCCCCCCCCS. The van der Waals surface area contributed by atoms with Crippen LogP contribution in [0.4, 0.5) is 0 Å². The topological polar surface area (TPSA) is 0 Å². The van der Waals surface area contributed by atoms with E-state index in [1.807, 2.05) is 0 Å². The van der Waals surface area contributed by atoms with Gasteiger partial charge in [0, 0.05) is 0 Å². The van der Waals surface area contributed by atoms with Crippen LogP contribution in [0.2, 0.25) is 0 Å². The zero-order valence-corrected chi connectivity index (χ0v) is 15.4. The fraction of sp³-hybridized carbons (Fsp3) is 1.00. The van der Waals surface area contributed by atoms with E-state index in [0.717, 1.165) is 11.5 Å². The van der Waals surface area contributed by atoms with Gasteiger partial charge in [-0.25, -0.2) is 0 Å². The molecule has 0 rings (SSSR count). The fourth-order valence-corrected chi connectivity index (χ4v) is 3.15. The molecule has 0 amide bonds. The largest absolute Gasteiger partial charge is 0.179 e. The Bertz CT molecular complexity index is 141. The Morgan fingerprint density at radius 2 is 0.400 bits per heavy atom. The van der Waals surface area contributed by atoms with E-state index in [-0.39, 0.29) is 0 Å². The molecule has 0 heterocycles. The van der Waals surface area contributed by atoms with Crippen LogP contribution in [0, 0.1) is 0 Å². The zero-order chi connectivity index (χ0) is 14.7. The molecule has 0 aromatic heterocycles. The second kappa shape index (κ2) is 19.7. The van der Waals surface area contributed by atoms with E-state index in [9.17, 15) is 0 Å². The predicted octanol–water partition coefficient (Wildman–Crippen LogP) is 7.09. The lowest BCUT2D eigenvalue weighted by atomic mass is 10.0. The smallest absolute Gasteiger partial charge is 0.00979 e. The minimum atomic E-state index is 1.06. The van der Waals surface area contributed by atoms with Gasteiger partial charge in [-0.1, -0.05) is 89.9 Å². The lowest BCUT2D eigenvalue weighted by Crippen LogP contribution is -1.84. The molecule has 0 aliphatic heterocycles. The summed E-state index contributed by atoms with van der Waals surface area (Å²) in [5, 5.41) is 0. The van der Waals surface area contributed by atoms with Gasteiger partial charge in [-0.05, 0) is 24.3 Å². The lowest BCUT2D eigenvalue weighted by molar-refractivity contribution is 0.532. The molecule has 0 aromatic rings. The van der Waals surface area contributed by atoms with Gasteiger partial charge in [-0.2, -0.15) is 25.3 Å². The molecule has 0 aromatic carbocycles. The first-order valence-corrected chi connectivity index (χ1v) is 10.4. The molecule has 0 spiro atoms. The molecule has 0 unspecified atom stereocenters. The molecular formula is C18H38S2. The van der Waals surface area contributed by atoms with Crippen LogP contribution in [0.25, 0.3) is 0 Å². The molecule has 0 nitrogen and oxygen atoms in total. The first-order chi connectivity index (χ1) is 9.91. The highest BCUT2D eigenvalue weighted by molar-refractivity contribution is 7.80. The minimum absolute atomic E-state index is 1.06. The van der Waals surface area contributed by atoms with E-state index in [0.29, 0.717) is 0 Å². The Morgan fingerprint density at radius 1 is 0.250 bits per heavy atom. The summed E-state index contributed by atoms with van der Waals surface area (Å²) < 4.78 is 0. The van der Waals surface area contributed by atoms with Crippen molar-refractivity contribution < 1.29 is 0 Å². The Kier molecular flexibility index (Phi) is 20.4. The second-order valence-electron chi connectivity index (χ2n) is 6.10. The van der Waals surface area contributed by atoms with Crippen molar-refractivity contribution >= 4 is 25.3 Å². The van der Waals surface area contributed by atoms with Crippen molar-refractivity contribution in [3.05, 3.63) is 0 Å². The molecule has 2 heteroatoms. The van der Waals surface area contributed by atoms with Gasteiger partial charge in [0.25, 0.3) is 0 Å². The van der Waals surface area contributed by atoms with Crippen LogP contribution < -0.4 is 0 Å². The summed E-state index contributed by atoms with van der Waals surface area (Å²) in [7, 11) is 0. The van der Waals surface area contributed by atoms with Gasteiger partial charge in [-0.3, -0.25) is 0 Å². The highest BCUT2D eigenvalue weighted by atomic mass is 32.1. The standard InChI is InChI=1S/C18H38S2/c19-17-15-13-11-9-7-5-3-1-2-4-6-8-10-12-14-16-18-20/h19-20H,1-18H2. The highest BCUT2D eigenvalue weighted by Gasteiger charge is 1.94. The van der Waals surface area contributed by atoms with E-state index in [1.54, 1.807) is 0 Å². The van der Waals surface area contributed by atoms with Crippen LogP contribution >= 0.6 is 25.3 Å². The minimum Gasteiger partial charge on any atom is -0.179 e. The molecule has 122 valence electrons. The van der Waals surface area contributed by atoms with E-state index in [4.69, 9.17) is 0 Å². The molecule has 0 atom stereocenters. The highest BCUT2D eigenvalue weighted by Crippen LogP contribution is 2.13. The second-order valence-corrected chi connectivity index (χ2v) is 7.00. The van der Waals surface area contributed by atoms with Crippen LogP contribution in [0.5, 0.6) is 0 Å². The maximum absolute atomic E-state index is 4.24. The molecule has 0 saturated carbocycles. The van der Waals surface area contributed by atoms with Gasteiger partial charge in [0.2, 0.25) is 0 Å². The van der Waals surface area contributed by atoms with Gasteiger partial charge in [0.05, 0.1) is 0 Å².